The van der Waals surface area contributed by atoms with Crippen LogP contribution < -0.4 is 5.32 Å². The molecule has 0 aliphatic carbocycles. The standard InChI is InChI=1S/C14H15ClFNS/c1-9(2)17-8-10-3-4-11(16)7-12(10)13-5-6-14(15)18-13/h3-7,9,17H,8H2,1-2H3. The van der Waals surface area contributed by atoms with E-state index in [1.807, 2.05) is 18.2 Å². The fraction of sp³-hybridized carbons (Fsp3) is 0.286. The van der Waals surface area contributed by atoms with Gasteiger partial charge in [0.05, 0.1) is 4.34 Å². The summed E-state index contributed by atoms with van der Waals surface area (Å²) in [6, 6.07) is 9.06. The molecule has 18 heavy (non-hydrogen) atoms. The molecule has 0 saturated carbocycles. The van der Waals surface area contributed by atoms with Crippen molar-refractivity contribution < 1.29 is 4.39 Å². The van der Waals surface area contributed by atoms with Crippen LogP contribution in [0.25, 0.3) is 10.4 Å². The minimum Gasteiger partial charge on any atom is -0.310 e. The molecular weight excluding hydrogens is 269 g/mol. The van der Waals surface area contributed by atoms with Gasteiger partial charge in [-0.1, -0.05) is 31.5 Å². The summed E-state index contributed by atoms with van der Waals surface area (Å²) in [4.78, 5) is 1.00. The van der Waals surface area contributed by atoms with Crippen molar-refractivity contribution in [2.75, 3.05) is 0 Å². The third-order valence-electron chi connectivity index (χ3n) is 2.61. The topological polar surface area (TPSA) is 12.0 Å². The lowest BCUT2D eigenvalue weighted by Crippen LogP contribution is -2.22. The Kier molecular flexibility index (Phi) is 4.38. The largest absolute Gasteiger partial charge is 0.310 e. The van der Waals surface area contributed by atoms with Gasteiger partial charge in [0.15, 0.2) is 0 Å². The van der Waals surface area contributed by atoms with Gasteiger partial charge in [-0.15, -0.1) is 11.3 Å². The van der Waals surface area contributed by atoms with E-state index in [2.05, 4.69) is 19.2 Å². The average Bonchev–Trinajstić information content (AvgIpc) is 2.74. The van der Waals surface area contributed by atoms with Crippen molar-refractivity contribution in [1.82, 2.24) is 5.32 Å². The van der Waals surface area contributed by atoms with E-state index < -0.39 is 0 Å². The molecule has 0 fully saturated rings. The first-order valence-electron chi connectivity index (χ1n) is 5.84. The summed E-state index contributed by atoms with van der Waals surface area (Å²) in [5.74, 6) is -0.220. The molecule has 0 amide bonds. The van der Waals surface area contributed by atoms with Gasteiger partial charge in [-0.3, -0.25) is 0 Å². The zero-order valence-electron chi connectivity index (χ0n) is 10.3. The van der Waals surface area contributed by atoms with Crippen molar-refractivity contribution in [3.8, 4) is 10.4 Å². The third-order valence-corrected chi connectivity index (χ3v) is 3.88. The fourth-order valence-electron chi connectivity index (χ4n) is 1.71. The molecule has 1 heterocycles. The predicted molar refractivity (Wildman–Crippen MR) is 76.7 cm³/mol. The highest BCUT2D eigenvalue weighted by molar-refractivity contribution is 7.19. The highest BCUT2D eigenvalue weighted by Gasteiger charge is 2.09. The van der Waals surface area contributed by atoms with Crippen LogP contribution >= 0.6 is 22.9 Å². The molecule has 0 radical (unpaired) electrons. The Hall–Kier alpha value is -0.900. The Morgan fingerprint density at radius 2 is 2.06 bits per heavy atom. The molecule has 96 valence electrons. The summed E-state index contributed by atoms with van der Waals surface area (Å²) < 4.78 is 14.1. The maximum atomic E-state index is 13.4. The summed E-state index contributed by atoms with van der Waals surface area (Å²) in [5, 5.41) is 3.35. The van der Waals surface area contributed by atoms with Gasteiger partial charge in [-0.25, -0.2) is 4.39 Å². The first-order chi connectivity index (χ1) is 8.56. The number of halogens is 2. The number of nitrogens with one attached hydrogen (secondary N) is 1. The van der Waals surface area contributed by atoms with Crippen molar-refractivity contribution in [2.45, 2.75) is 26.4 Å². The molecule has 2 rings (SSSR count). The molecular formula is C14H15ClFNS. The van der Waals surface area contributed by atoms with Crippen LogP contribution in [0.4, 0.5) is 4.39 Å². The number of thiophene rings is 1. The van der Waals surface area contributed by atoms with E-state index in [4.69, 9.17) is 11.6 Å². The summed E-state index contributed by atoms with van der Waals surface area (Å²) >= 11 is 7.41. The van der Waals surface area contributed by atoms with Crippen LogP contribution in [-0.2, 0) is 6.54 Å². The van der Waals surface area contributed by atoms with Gasteiger partial charge >= 0.3 is 0 Å². The fourth-order valence-corrected chi connectivity index (χ4v) is 2.80. The van der Waals surface area contributed by atoms with Crippen LogP contribution in [0.15, 0.2) is 30.3 Å². The SMILES string of the molecule is CC(C)NCc1ccc(F)cc1-c1ccc(Cl)s1. The molecule has 4 heteroatoms. The van der Waals surface area contributed by atoms with E-state index in [9.17, 15) is 4.39 Å². The molecule has 1 aromatic carbocycles. The van der Waals surface area contributed by atoms with E-state index in [0.29, 0.717) is 6.04 Å². The lowest BCUT2D eigenvalue weighted by molar-refractivity contribution is 0.587. The Bertz CT molecular complexity index is 536. The molecule has 1 N–H and O–H groups in total. The minimum absolute atomic E-state index is 0.220. The van der Waals surface area contributed by atoms with Gasteiger partial charge in [0, 0.05) is 17.5 Å². The summed E-state index contributed by atoms with van der Waals surface area (Å²) in [6.07, 6.45) is 0. The smallest absolute Gasteiger partial charge is 0.123 e. The van der Waals surface area contributed by atoms with Crippen LogP contribution in [0, 0.1) is 5.82 Å². The lowest BCUT2D eigenvalue weighted by Gasteiger charge is -2.12. The van der Waals surface area contributed by atoms with Crippen LogP contribution in [0.3, 0.4) is 0 Å². The molecule has 1 aromatic heterocycles. The summed E-state index contributed by atoms with van der Waals surface area (Å²) in [6.45, 7) is 4.90. The van der Waals surface area contributed by atoms with Gasteiger partial charge in [-0.2, -0.15) is 0 Å². The molecule has 0 saturated heterocycles. The second-order valence-electron chi connectivity index (χ2n) is 4.44. The maximum absolute atomic E-state index is 13.4. The summed E-state index contributed by atoms with van der Waals surface area (Å²) in [5.41, 5.74) is 2.00. The zero-order valence-corrected chi connectivity index (χ0v) is 11.9. The molecule has 0 atom stereocenters. The van der Waals surface area contributed by atoms with Crippen molar-refractivity contribution in [1.29, 1.82) is 0 Å². The van der Waals surface area contributed by atoms with E-state index >= 15 is 0 Å². The Labute approximate surface area is 116 Å². The van der Waals surface area contributed by atoms with E-state index in [-0.39, 0.29) is 5.82 Å². The molecule has 0 unspecified atom stereocenters. The van der Waals surface area contributed by atoms with Gasteiger partial charge in [0.1, 0.15) is 5.82 Å². The van der Waals surface area contributed by atoms with Gasteiger partial charge < -0.3 is 5.32 Å². The first-order valence-corrected chi connectivity index (χ1v) is 7.03. The second-order valence-corrected chi connectivity index (χ2v) is 6.16. The van der Waals surface area contributed by atoms with Gasteiger partial charge in [0.2, 0.25) is 0 Å². The van der Waals surface area contributed by atoms with Crippen molar-refractivity contribution in [3.63, 3.8) is 0 Å². The number of rotatable bonds is 4. The monoisotopic (exact) mass is 283 g/mol. The number of hydrogen-bond donors (Lipinski definition) is 1. The third kappa shape index (κ3) is 3.31. The van der Waals surface area contributed by atoms with Crippen molar-refractivity contribution >= 4 is 22.9 Å². The Morgan fingerprint density at radius 1 is 1.28 bits per heavy atom. The predicted octanol–water partition coefficient (Wildman–Crippen LogP) is 4.71. The molecule has 0 spiro atoms. The van der Waals surface area contributed by atoms with Crippen molar-refractivity contribution in [3.05, 3.63) is 46.0 Å². The first kappa shape index (κ1) is 13.5. The highest BCUT2D eigenvalue weighted by atomic mass is 35.5. The highest BCUT2D eigenvalue weighted by Crippen LogP contribution is 2.33. The second kappa shape index (κ2) is 5.83. The van der Waals surface area contributed by atoms with Crippen molar-refractivity contribution in [2.24, 2.45) is 0 Å². The van der Waals surface area contributed by atoms with E-state index in [0.717, 1.165) is 26.9 Å². The van der Waals surface area contributed by atoms with Gasteiger partial charge in [-0.05, 0) is 35.4 Å². The van der Waals surface area contributed by atoms with E-state index in [1.165, 1.54) is 17.4 Å². The van der Waals surface area contributed by atoms with Crippen LogP contribution in [0.2, 0.25) is 4.34 Å². The Balaban J connectivity index is 2.34. The van der Waals surface area contributed by atoms with Crippen LogP contribution in [-0.4, -0.2) is 6.04 Å². The quantitative estimate of drug-likeness (QED) is 0.857. The number of hydrogen-bond acceptors (Lipinski definition) is 2. The van der Waals surface area contributed by atoms with Gasteiger partial charge in [0.25, 0.3) is 0 Å². The normalized spacial score (nSPS) is 11.2. The molecule has 0 aliphatic heterocycles. The minimum atomic E-state index is -0.220. The average molecular weight is 284 g/mol. The Morgan fingerprint density at radius 3 is 2.67 bits per heavy atom. The zero-order chi connectivity index (χ0) is 13.1. The van der Waals surface area contributed by atoms with Crippen LogP contribution in [0.1, 0.15) is 19.4 Å². The number of benzene rings is 1. The molecule has 1 nitrogen and oxygen atoms in total. The molecule has 0 bridgehead atoms. The molecule has 0 aliphatic rings. The van der Waals surface area contributed by atoms with E-state index in [1.54, 1.807) is 6.07 Å². The summed E-state index contributed by atoms with van der Waals surface area (Å²) in [7, 11) is 0. The molecule has 2 aromatic rings. The maximum Gasteiger partial charge on any atom is 0.123 e. The van der Waals surface area contributed by atoms with Crippen LogP contribution in [0.5, 0.6) is 0 Å². The lowest BCUT2D eigenvalue weighted by atomic mass is 10.1.